The number of hydrogen-bond donors (Lipinski definition) is 1. The molecule has 1 N–H and O–H groups in total. The Bertz CT molecular complexity index is 128. The molecule has 0 aromatic heterocycles. The monoisotopic (exact) mass is 156 g/mol. The Kier molecular flexibility index (Phi) is 3.36. The van der Waals surface area contributed by atoms with Gasteiger partial charge in [-0.1, -0.05) is 6.92 Å². The van der Waals surface area contributed by atoms with Crippen LogP contribution in [0.15, 0.2) is 0 Å². The third-order valence-corrected chi connectivity index (χ3v) is 2.00. The third kappa shape index (κ3) is 2.50. The lowest BCUT2D eigenvalue weighted by Gasteiger charge is -2.18. The zero-order valence-corrected chi connectivity index (χ0v) is 7.10. The molecule has 3 nitrogen and oxygen atoms in total. The van der Waals surface area contributed by atoms with Crippen LogP contribution in [0.25, 0.3) is 0 Å². The number of nitrogens with one attached hydrogen (secondary N) is 1. The van der Waals surface area contributed by atoms with Crippen LogP contribution in [0.4, 0.5) is 0 Å². The molecular formula is C8H16N2O. The van der Waals surface area contributed by atoms with Crippen molar-refractivity contribution in [3.05, 3.63) is 0 Å². The van der Waals surface area contributed by atoms with Crippen LogP contribution in [0.3, 0.4) is 0 Å². The van der Waals surface area contributed by atoms with Gasteiger partial charge < -0.3 is 10.2 Å². The van der Waals surface area contributed by atoms with Crippen molar-refractivity contribution in [1.82, 2.24) is 10.2 Å². The molecule has 3 heteroatoms. The first-order chi connectivity index (χ1) is 5.34. The fourth-order valence-electron chi connectivity index (χ4n) is 1.32. The Labute approximate surface area is 67.8 Å². The molecule has 0 aromatic carbocycles. The van der Waals surface area contributed by atoms with Crippen LogP contribution < -0.4 is 5.32 Å². The van der Waals surface area contributed by atoms with Gasteiger partial charge in [-0.2, -0.15) is 0 Å². The fraction of sp³-hybridized carbons (Fsp3) is 0.875. The first-order valence-electron chi connectivity index (χ1n) is 4.33. The van der Waals surface area contributed by atoms with Gasteiger partial charge in [-0.25, -0.2) is 0 Å². The van der Waals surface area contributed by atoms with Gasteiger partial charge >= 0.3 is 0 Å². The Morgan fingerprint density at radius 2 is 2.27 bits per heavy atom. The maximum Gasteiger partial charge on any atom is 0.222 e. The second-order valence-electron chi connectivity index (χ2n) is 2.84. The van der Waals surface area contributed by atoms with Gasteiger partial charge in [0.1, 0.15) is 0 Å². The van der Waals surface area contributed by atoms with Gasteiger partial charge in [0, 0.05) is 26.1 Å². The first-order valence-corrected chi connectivity index (χ1v) is 4.33. The minimum Gasteiger partial charge on any atom is -0.341 e. The normalized spacial score (nSPS) is 19.5. The molecule has 0 saturated carbocycles. The SMILES string of the molecule is CCC(=O)N1CCCNCC1. The summed E-state index contributed by atoms with van der Waals surface area (Å²) in [4.78, 5) is 13.2. The standard InChI is InChI=1S/C8H16N2O/c1-2-8(11)10-6-3-4-9-5-7-10/h9H,2-7H2,1H3. The fourth-order valence-corrected chi connectivity index (χ4v) is 1.32. The predicted molar refractivity (Wildman–Crippen MR) is 44.4 cm³/mol. The average Bonchev–Trinajstić information content (AvgIpc) is 2.30. The summed E-state index contributed by atoms with van der Waals surface area (Å²) in [5, 5.41) is 3.26. The quantitative estimate of drug-likeness (QED) is 0.589. The average molecular weight is 156 g/mol. The van der Waals surface area contributed by atoms with Crippen molar-refractivity contribution >= 4 is 5.91 Å². The van der Waals surface area contributed by atoms with Crippen molar-refractivity contribution in [3.63, 3.8) is 0 Å². The van der Waals surface area contributed by atoms with E-state index in [2.05, 4.69) is 5.32 Å². The van der Waals surface area contributed by atoms with Crippen LogP contribution in [0.1, 0.15) is 19.8 Å². The van der Waals surface area contributed by atoms with Crippen molar-refractivity contribution in [1.29, 1.82) is 0 Å². The third-order valence-electron chi connectivity index (χ3n) is 2.00. The topological polar surface area (TPSA) is 32.3 Å². The molecule has 1 heterocycles. The molecule has 0 atom stereocenters. The van der Waals surface area contributed by atoms with Gasteiger partial charge in [-0.15, -0.1) is 0 Å². The summed E-state index contributed by atoms with van der Waals surface area (Å²) in [6, 6.07) is 0. The Hall–Kier alpha value is -0.570. The molecule has 0 bridgehead atoms. The second kappa shape index (κ2) is 4.34. The second-order valence-corrected chi connectivity index (χ2v) is 2.84. The number of rotatable bonds is 1. The van der Waals surface area contributed by atoms with Crippen LogP contribution in [-0.2, 0) is 4.79 Å². The highest BCUT2D eigenvalue weighted by atomic mass is 16.2. The van der Waals surface area contributed by atoms with E-state index >= 15 is 0 Å². The molecular weight excluding hydrogens is 140 g/mol. The van der Waals surface area contributed by atoms with E-state index in [1.54, 1.807) is 0 Å². The molecule has 1 aliphatic heterocycles. The van der Waals surface area contributed by atoms with Gasteiger partial charge in [0.25, 0.3) is 0 Å². The summed E-state index contributed by atoms with van der Waals surface area (Å²) in [7, 11) is 0. The van der Waals surface area contributed by atoms with Crippen molar-refractivity contribution in [2.45, 2.75) is 19.8 Å². The molecule has 1 rings (SSSR count). The number of hydrogen-bond acceptors (Lipinski definition) is 2. The largest absolute Gasteiger partial charge is 0.341 e. The van der Waals surface area contributed by atoms with Crippen LogP contribution >= 0.6 is 0 Å². The predicted octanol–water partition coefficient (Wildman–Crippen LogP) is 0.218. The summed E-state index contributed by atoms with van der Waals surface area (Å²) in [5.74, 6) is 0.286. The van der Waals surface area contributed by atoms with Crippen LogP contribution in [0, 0.1) is 0 Å². The van der Waals surface area contributed by atoms with Gasteiger partial charge in [-0.3, -0.25) is 4.79 Å². The minimum absolute atomic E-state index is 0.286. The van der Waals surface area contributed by atoms with E-state index in [1.165, 1.54) is 0 Å². The molecule has 0 aliphatic carbocycles. The lowest BCUT2D eigenvalue weighted by Crippen LogP contribution is -2.33. The number of amides is 1. The zero-order valence-electron chi connectivity index (χ0n) is 7.10. The van der Waals surface area contributed by atoms with E-state index in [0.29, 0.717) is 6.42 Å². The van der Waals surface area contributed by atoms with E-state index in [9.17, 15) is 4.79 Å². The molecule has 1 saturated heterocycles. The van der Waals surface area contributed by atoms with Gasteiger partial charge in [0.15, 0.2) is 0 Å². The van der Waals surface area contributed by atoms with Crippen LogP contribution in [0.2, 0.25) is 0 Å². The summed E-state index contributed by atoms with van der Waals surface area (Å²) in [6.07, 6.45) is 1.73. The summed E-state index contributed by atoms with van der Waals surface area (Å²) < 4.78 is 0. The van der Waals surface area contributed by atoms with E-state index < -0.39 is 0 Å². The van der Waals surface area contributed by atoms with Crippen LogP contribution in [0.5, 0.6) is 0 Å². The highest BCUT2D eigenvalue weighted by Gasteiger charge is 2.12. The van der Waals surface area contributed by atoms with E-state index in [-0.39, 0.29) is 5.91 Å². The first kappa shape index (κ1) is 8.53. The van der Waals surface area contributed by atoms with Crippen molar-refractivity contribution in [2.75, 3.05) is 26.2 Å². The Balaban J connectivity index is 2.36. The highest BCUT2D eigenvalue weighted by molar-refractivity contribution is 5.75. The van der Waals surface area contributed by atoms with Crippen molar-refractivity contribution in [3.8, 4) is 0 Å². The van der Waals surface area contributed by atoms with Crippen molar-refractivity contribution < 1.29 is 4.79 Å². The van der Waals surface area contributed by atoms with Gasteiger partial charge in [0.05, 0.1) is 0 Å². The maximum atomic E-state index is 11.2. The highest BCUT2D eigenvalue weighted by Crippen LogP contribution is 1.97. The molecule has 1 amide bonds. The molecule has 0 unspecified atom stereocenters. The molecule has 64 valence electrons. The van der Waals surface area contributed by atoms with Crippen LogP contribution in [-0.4, -0.2) is 37.0 Å². The maximum absolute atomic E-state index is 11.2. The van der Waals surface area contributed by atoms with E-state index in [4.69, 9.17) is 0 Å². The molecule has 0 spiro atoms. The van der Waals surface area contributed by atoms with E-state index in [0.717, 1.165) is 32.6 Å². The number of carbonyl (C=O) groups is 1. The van der Waals surface area contributed by atoms with Crippen molar-refractivity contribution in [2.24, 2.45) is 0 Å². The lowest BCUT2D eigenvalue weighted by atomic mass is 10.3. The Morgan fingerprint density at radius 1 is 1.45 bits per heavy atom. The molecule has 0 radical (unpaired) electrons. The van der Waals surface area contributed by atoms with E-state index in [1.807, 2.05) is 11.8 Å². The Morgan fingerprint density at radius 3 is 3.00 bits per heavy atom. The summed E-state index contributed by atoms with van der Waals surface area (Å²) in [6.45, 7) is 5.73. The van der Waals surface area contributed by atoms with Gasteiger partial charge in [-0.05, 0) is 13.0 Å². The number of carbonyl (C=O) groups excluding carboxylic acids is 1. The molecule has 1 aliphatic rings. The van der Waals surface area contributed by atoms with Gasteiger partial charge in [0.2, 0.25) is 5.91 Å². The summed E-state index contributed by atoms with van der Waals surface area (Å²) >= 11 is 0. The molecule has 0 aromatic rings. The zero-order chi connectivity index (χ0) is 8.10. The lowest BCUT2D eigenvalue weighted by molar-refractivity contribution is -0.130. The minimum atomic E-state index is 0.286. The smallest absolute Gasteiger partial charge is 0.222 e. The summed E-state index contributed by atoms with van der Waals surface area (Å²) in [5.41, 5.74) is 0. The number of nitrogens with zero attached hydrogens (tertiary/aromatic N) is 1. The molecule has 1 fully saturated rings. The molecule has 11 heavy (non-hydrogen) atoms.